The van der Waals surface area contributed by atoms with Gasteiger partial charge in [-0.2, -0.15) is 5.10 Å². The summed E-state index contributed by atoms with van der Waals surface area (Å²) in [5.41, 5.74) is 5.20. The van der Waals surface area contributed by atoms with E-state index in [9.17, 15) is 8.42 Å². The molecular weight excluding hydrogens is 422 g/mol. The van der Waals surface area contributed by atoms with Gasteiger partial charge < -0.3 is 4.74 Å². The molecule has 1 atom stereocenters. The van der Waals surface area contributed by atoms with E-state index in [-0.39, 0.29) is 0 Å². The molecular formula is C22H24ClN3O3S. The molecule has 1 aromatic heterocycles. The van der Waals surface area contributed by atoms with Crippen molar-refractivity contribution < 1.29 is 13.2 Å². The molecule has 1 heterocycles. The third-order valence-corrected chi connectivity index (χ3v) is 6.37. The number of ether oxygens (including phenoxy) is 1. The average molecular weight is 446 g/mol. The highest BCUT2D eigenvalue weighted by molar-refractivity contribution is 7.88. The minimum atomic E-state index is -3.17. The Labute approximate surface area is 181 Å². The molecule has 3 aromatic rings. The smallest absolute Gasteiger partial charge is 0.208 e. The van der Waals surface area contributed by atoms with Gasteiger partial charge in [0.2, 0.25) is 10.0 Å². The van der Waals surface area contributed by atoms with Crippen molar-refractivity contribution in [2.75, 3.05) is 19.9 Å². The van der Waals surface area contributed by atoms with Crippen molar-refractivity contribution in [3.8, 4) is 22.7 Å². The summed E-state index contributed by atoms with van der Waals surface area (Å²) in [6.07, 6.45) is 3.64. The third kappa shape index (κ3) is 4.38. The highest BCUT2D eigenvalue weighted by Crippen LogP contribution is 2.39. The largest absolute Gasteiger partial charge is 0.494 e. The SMILES string of the molecule is COc1ccccc1-n1nc2c(c1-c1ccc(Cl)cc1)CC(CCNS(C)(=O)=O)C2. The molecule has 2 aromatic carbocycles. The number of nitrogens with one attached hydrogen (secondary N) is 1. The van der Waals surface area contributed by atoms with E-state index in [4.69, 9.17) is 21.4 Å². The zero-order chi connectivity index (χ0) is 21.3. The van der Waals surface area contributed by atoms with E-state index in [1.54, 1.807) is 7.11 Å². The maximum Gasteiger partial charge on any atom is 0.208 e. The number of sulfonamides is 1. The molecule has 0 spiro atoms. The first-order valence-electron chi connectivity index (χ1n) is 9.80. The quantitative estimate of drug-likeness (QED) is 0.599. The molecule has 0 radical (unpaired) electrons. The van der Waals surface area contributed by atoms with Gasteiger partial charge in [0.15, 0.2) is 0 Å². The Kier molecular flexibility index (Phi) is 5.86. The second kappa shape index (κ2) is 8.41. The molecule has 8 heteroatoms. The highest BCUT2D eigenvalue weighted by atomic mass is 35.5. The van der Waals surface area contributed by atoms with Gasteiger partial charge in [-0.3, -0.25) is 0 Å². The summed E-state index contributed by atoms with van der Waals surface area (Å²) >= 11 is 6.11. The van der Waals surface area contributed by atoms with Crippen LogP contribution in [0, 0.1) is 5.92 Å². The van der Waals surface area contributed by atoms with Crippen LogP contribution < -0.4 is 9.46 Å². The standard InChI is InChI=1S/C22H24ClN3O3S/c1-29-21-6-4-3-5-20(21)26-22(16-7-9-17(23)10-8-16)18-13-15(14-19(18)25-26)11-12-24-30(2,27)28/h3-10,15,24H,11-14H2,1-2H3. The second-order valence-electron chi connectivity index (χ2n) is 7.59. The maximum absolute atomic E-state index is 11.4. The molecule has 158 valence electrons. The van der Waals surface area contributed by atoms with Crippen molar-refractivity contribution in [2.24, 2.45) is 5.92 Å². The van der Waals surface area contributed by atoms with Crippen LogP contribution in [-0.2, 0) is 22.9 Å². The number of methoxy groups -OCH3 is 1. The summed E-state index contributed by atoms with van der Waals surface area (Å²) in [4.78, 5) is 0. The zero-order valence-electron chi connectivity index (χ0n) is 16.9. The fourth-order valence-electron chi connectivity index (χ4n) is 4.04. The number of para-hydroxylation sites is 2. The topological polar surface area (TPSA) is 73.2 Å². The van der Waals surface area contributed by atoms with Gasteiger partial charge >= 0.3 is 0 Å². The maximum atomic E-state index is 11.4. The van der Waals surface area contributed by atoms with Crippen LogP contribution in [0.3, 0.4) is 0 Å². The van der Waals surface area contributed by atoms with E-state index >= 15 is 0 Å². The average Bonchev–Trinajstić information content (AvgIpc) is 3.25. The van der Waals surface area contributed by atoms with Crippen molar-refractivity contribution in [1.29, 1.82) is 0 Å². The number of benzene rings is 2. The number of fused-ring (bicyclic) bond motifs is 1. The number of hydrogen-bond donors (Lipinski definition) is 1. The van der Waals surface area contributed by atoms with Crippen LogP contribution >= 0.6 is 11.6 Å². The lowest BCUT2D eigenvalue weighted by Crippen LogP contribution is -2.25. The van der Waals surface area contributed by atoms with E-state index in [1.165, 1.54) is 11.8 Å². The number of aromatic nitrogens is 2. The summed E-state index contributed by atoms with van der Waals surface area (Å²) in [5, 5.41) is 5.62. The molecule has 6 nitrogen and oxygen atoms in total. The highest BCUT2D eigenvalue weighted by Gasteiger charge is 2.30. The van der Waals surface area contributed by atoms with Gasteiger partial charge in [-0.15, -0.1) is 0 Å². The molecule has 1 unspecified atom stereocenters. The lowest BCUT2D eigenvalue weighted by Gasteiger charge is -2.15. The fourth-order valence-corrected chi connectivity index (χ4v) is 4.66. The number of hydrogen-bond acceptors (Lipinski definition) is 4. The van der Waals surface area contributed by atoms with Crippen LogP contribution in [0.2, 0.25) is 5.02 Å². The van der Waals surface area contributed by atoms with Gasteiger partial charge in [0.1, 0.15) is 11.4 Å². The molecule has 1 N–H and O–H groups in total. The van der Waals surface area contributed by atoms with E-state index in [0.29, 0.717) is 17.5 Å². The zero-order valence-corrected chi connectivity index (χ0v) is 18.5. The molecule has 0 fully saturated rings. The molecule has 4 rings (SSSR count). The van der Waals surface area contributed by atoms with E-state index in [0.717, 1.165) is 47.7 Å². The molecule has 0 saturated carbocycles. The predicted octanol–water partition coefficient (Wildman–Crippen LogP) is 3.86. The second-order valence-corrected chi connectivity index (χ2v) is 9.86. The lowest BCUT2D eigenvalue weighted by atomic mass is 10.0. The first-order chi connectivity index (χ1) is 14.4. The first-order valence-corrected chi connectivity index (χ1v) is 12.1. The first kappa shape index (κ1) is 20.9. The molecule has 30 heavy (non-hydrogen) atoms. The Bertz CT molecular complexity index is 1160. The van der Waals surface area contributed by atoms with Crippen LogP contribution in [0.15, 0.2) is 48.5 Å². The normalized spacial score (nSPS) is 15.9. The van der Waals surface area contributed by atoms with Crippen LogP contribution in [0.4, 0.5) is 0 Å². The Morgan fingerprint density at radius 3 is 2.60 bits per heavy atom. The van der Waals surface area contributed by atoms with Gasteiger partial charge in [0.25, 0.3) is 0 Å². The summed E-state index contributed by atoms with van der Waals surface area (Å²) in [5.74, 6) is 1.11. The minimum Gasteiger partial charge on any atom is -0.494 e. The van der Waals surface area contributed by atoms with Crippen molar-refractivity contribution >= 4 is 21.6 Å². The van der Waals surface area contributed by atoms with Crippen LogP contribution in [0.1, 0.15) is 17.7 Å². The molecule has 0 bridgehead atoms. The molecule has 1 aliphatic carbocycles. The Morgan fingerprint density at radius 2 is 1.90 bits per heavy atom. The molecule has 0 amide bonds. The summed E-state index contributed by atoms with van der Waals surface area (Å²) in [6.45, 7) is 0.441. The third-order valence-electron chi connectivity index (χ3n) is 5.39. The van der Waals surface area contributed by atoms with Crippen molar-refractivity contribution in [3.63, 3.8) is 0 Å². The van der Waals surface area contributed by atoms with Gasteiger partial charge in [-0.25, -0.2) is 17.8 Å². The molecule has 0 aliphatic heterocycles. The van der Waals surface area contributed by atoms with Crippen molar-refractivity contribution in [1.82, 2.24) is 14.5 Å². The number of halogens is 1. The Morgan fingerprint density at radius 1 is 1.17 bits per heavy atom. The van der Waals surface area contributed by atoms with E-state index in [1.807, 2.05) is 53.2 Å². The predicted molar refractivity (Wildman–Crippen MR) is 119 cm³/mol. The van der Waals surface area contributed by atoms with Crippen molar-refractivity contribution in [3.05, 3.63) is 64.8 Å². The monoisotopic (exact) mass is 445 g/mol. The van der Waals surface area contributed by atoms with E-state index < -0.39 is 10.0 Å². The lowest BCUT2D eigenvalue weighted by molar-refractivity contribution is 0.411. The number of rotatable bonds is 7. The summed E-state index contributed by atoms with van der Waals surface area (Å²) in [6, 6.07) is 15.6. The Balaban J connectivity index is 1.71. The van der Waals surface area contributed by atoms with E-state index in [2.05, 4.69) is 4.72 Å². The summed E-state index contributed by atoms with van der Waals surface area (Å²) in [7, 11) is -1.52. The van der Waals surface area contributed by atoms with Gasteiger partial charge in [0.05, 0.1) is 24.8 Å². The molecule has 0 saturated heterocycles. The number of nitrogens with zero attached hydrogens (tertiary/aromatic N) is 2. The fraction of sp³-hybridized carbons (Fsp3) is 0.318. The van der Waals surface area contributed by atoms with Gasteiger partial charge in [0, 0.05) is 22.7 Å². The van der Waals surface area contributed by atoms with Gasteiger partial charge in [-0.05, 0) is 49.4 Å². The van der Waals surface area contributed by atoms with Crippen LogP contribution in [0.5, 0.6) is 5.75 Å². The van der Waals surface area contributed by atoms with Gasteiger partial charge in [-0.1, -0.05) is 35.9 Å². The Hall–Kier alpha value is -2.35. The van der Waals surface area contributed by atoms with Crippen molar-refractivity contribution in [2.45, 2.75) is 19.3 Å². The van der Waals surface area contributed by atoms with Crippen LogP contribution in [-0.4, -0.2) is 38.1 Å². The minimum absolute atomic E-state index is 0.357. The van der Waals surface area contributed by atoms with Crippen LogP contribution in [0.25, 0.3) is 16.9 Å². The molecule has 1 aliphatic rings. The summed E-state index contributed by atoms with van der Waals surface area (Å²) < 4.78 is 32.8.